The lowest BCUT2D eigenvalue weighted by Crippen LogP contribution is -2.47. The van der Waals surface area contributed by atoms with Crippen molar-refractivity contribution in [3.05, 3.63) is 11.9 Å². The Labute approximate surface area is 184 Å². The van der Waals surface area contributed by atoms with Crippen molar-refractivity contribution < 1.29 is 24.2 Å². The highest BCUT2D eigenvalue weighted by molar-refractivity contribution is 5.76. The minimum atomic E-state index is -0.407. The maximum atomic E-state index is 12.9. The standard InChI is InChI=1S/C21H37N5O5/c1-15(2)13-31-21(29)24(5)11-19-16(3)9-26(17(4)12-27)20(28)7-6-8-25-10-18(14-30-19)22-23-25/h10,15-17,19,27H,6-9,11-14H2,1-5H3/t16-,17+,19-/m1/s1. The zero-order valence-corrected chi connectivity index (χ0v) is 19.4. The molecule has 0 saturated heterocycles. The number of carbonyl (C=O) groups excluding carboxylic acids is 2. The number of hydrogen-bond donors (Lipinski definition) is 1. The molecule has 0 saturated carbocycles. The number of aromatic nitrogens is 3. The summed E-state index contributed by atoms with van der Waals surface area (Å²) in [6.45, 7) is 9.59. The second kappa shape index (κ2) is 12.0. The first-order chi connectivity index (χ1) is 14.7. The van der Waals surface area contributed by atoms with E-state index < -0.39 is 6.09 Å². The summed E-state index contributed by atoms with van der Waals surface area (Å²) in [4.78, 5) is 28.4. The van der Waals surface area contributed by atoms with Gasteiger partial charge in [0, 0.05) is 32.5 Å². The fourth-order valence-electron chi connectivity index (χ4n) is 3.39. The van der Waals surface area contributed by atoms with Crippen molar-refractivity contribution in [1.29, 1.82) is 0 Å². The van der Waals surface area contributed by atoms with Crippen LogP contribution >= 0.6 is 0 Å². The number of fused-ring (bicyclic) bond motifs is 2. The molecular formula is C21H37N5O5. The van der Waals surface area contributed by atoms with E-state index in [1.165, 1.54) is 4.90 Å². The predicted octanol–water partition coefficient (Wildman–Crippen LogP) is 1.53. The van der Waals surface area contributed by atoms with Gasteiger partial charge in [0.15, 0.2) is 0 Å². The van der Waals surface area contributed by atoms with Crippen LogP contribution < -0.4 is 0 Å². The Morgan fingerprint density at radius 2 is 2.16 bits per heavy atom. The smallest absolute Gasteiger partial charge is 0.409 e. The quantitative estimate of drug-likeness (QED) is 0.716. The SMILES string of the molecule is CC(C)COC(=O)N(C)C[C@H]1OCc2cn(nn2)CCCC(=O)N([C@@H](C)CO)C[C@H]1C. The average molecular weight is 440 g/mol. The first-order valence-electron chi connectivity index (χ1n) is 11.0. The summed E-state index contributed by atoms with van der Waals surface area (Å²) in [6.07, 6.45) is 2.05. The fourth-order valence-corrected chi connectivity index (χ4v) is 3.39. The van der Waals surface area contributed by atoms with Crippen molar-refractivity contribution in [2.45, 2.75) is 65.8 Å². The van der Waals surface area contributed by atoms with Crippen molar-refractivity contribution in [2.24, 2.45) is 11.8 Å². The van der Waals surface area contributed by atoms with Gasteiger partial charge in [-0.05, 0) is 19.3 Å². The second-order valence-electron chi connectivity index (χ2n) is 8.83. The first kappa shape index (κ1) is 25.1. The normalized spacial score (nSPS) is 21.8. The van der Waals surface area contributed by atoms with E-state index in [0.717, 1.165) is 0 Å². The molecule has 1 aromatic rings. The summed E-state index contributed by atoms with van der Waals surface area (Å²) < 4.78 is 13.2. The van der Waals surface area contributed by atoms with Crippen LogP contribution in [0.15, 0.2) is 6.20 Å². The Morgan fingerprint density at radius 3 is 2.84 bits per heavy atom. The van der Waals surface area contributed by atoms with Crippen molar-refractivity contribution in [3.8, 4) is 0 Å². The number of carbonyl (C=O) groups is 2. The Bertz CT molecular complexity index is 710. The molecule has 1 aliphatic rings. The highest BCUT2D eigenvalue weighted by Gasteiger charge is 2.29. The molecule has 176 valence electrons. The number of hydrogen-bond acceptors (Lipinski definition) is 7. The number of rotatable bonds is 6. The molecule has 0 aromatic carbocycles. The van der Waals surface area contributed by atoms with E-state index in [9.17, 15) is 14.7 Å². The molecular weight excluding hydrogens is 402 g/mol. The monoisotopic (exact) mass is 439 g/mol. The minimum Gasteiger partial charge on any atom is -0.449 e. The molecule has 0 radical (unpaired) electrons. The molecule has 1 N–H and O–H groups in total. The lowest BCUT2D eigenvalue weighted by molar-refractivity contribution is -0.136. The molecule has 1 aliphatic heterocycles. The topological polar surface area (TPSA) is 110 Å². The van der Waals surface area contributed by atoms with Crippen molar-refractivity contribution in [2.75, 3.05) is 33.4 Å². The van der Waals surface area contributed by atoms with E-state index in [0.29, 0.717) is 44.8 Å². The van der Waals surface area contributed by atoms with Crippen LogP contribution in [0.4, 0.5) is 4.79 Å². The molecule has 3 atom stereocenters. The number of nitrogens with zero attached hydrogens (tertiary/aromatic N) is 5. The summed E-state index contributed by atoms with van der Waals surface area (Å²) in [5.74, 6) is 0.144. The summed E-state index contributed by atoms with van der Waals surface area (Å²) in [5.41, 5.74) is 0.702. The fraction of sp³-hybridized carbons (Fsp3) is 0.810. The van der Waals surface area contributed by atoms with Crippen LogP contribution in [0.25, 0.3) is 0 Å². The predicted molar refractivity (Wildman–Crippen MR) is 114 cm³/mol. The van der Waals surface area contributed by atoms with Gasteiger partial charge in [-0.25, -0.2) is 4.79 Å². The molecule has 10 heteroatoms. The van der Waals surface area contributed by atoms with Crippen LogP contribution in [0, 0.1) is 11.8 Å². The first-order valence-corrected chi connectivity index (χ1v) is 11.0. The number of aliphatic hydroxyl groups is 1. The van der Waals surface area contributed by atoms with Gasteiger partial charge in [-0.3, -0.25) is 9.48 Å². The molecule has 2 rings (SSSR count). The maximum absolute atomic E-state index is 12.9. The zero-order chi connectivity index (χ0) is 23.0. The van der Waals surface area contributed by atoms with Crippen LogP contribution in [-0.2, 0) is 27.4 Å². The molecule has 10 nitrogen and oxygen atoms in total. The van der Waals surface area contributed by atoms with E-state index in [-0.39, 0.29) is 43.1 Å². The number of ether oxygens (including phenoxy) is 2. The van der Waals surface area contributed by atoms with Gasteiger partial charge in [-0.2, -0.15) is 0 Å². The van der Waals surface area contributed by atoms with Gasteiger partial charge in [-0.15, -0.1) is 5.10 Å². The van der Waals surface area contributed by atoms with Crippen LogP contribution in [-0.4, -0.2) is 87.4 Å². The molecule has 0 aliphatic carbocycles. The van der Waals surface area contributed by atoms with Gasteiger partial charge in [-0.1, -0.05) is 26.0 Å². The van der Waals surface area contributed by atoms with E-state index in [1.54, 1.807) is 16.6 Å². The molecule has 0 fully saturated rings. The Kier molecular flexibility index (Phi) is 9.70. The van der Waals surface area contributed by atoms with Crippen molar-refractivity contribution in [3.63, 3.8) is 0 Å². The van der Waals surface area contributed by atoms with Gasteiger partial charge in [0.05, 0.1) is 44.7 Å². The van der Waals surface area contributed by atoms with E-state index in [4.69, 9.17) is 9.47 Å². The third-order valence-corrected chi connectivity index (χ3v) is 5.35. The van der Waals surface area contributed by atoms with Gasteiger partial charge in [0.25, 0.3) is 0 Å². The third-order valence-electron chi connectivity index (χ3n) is 5.35. The summed E-state index contributed by atoms with van der Waals surface area (Å²) >= 11 is 0. The molecule has 31 heavy (non-hydrogen) atoms. The number of amides is 2. The largest absolute Gasteiger partial charge is 0.449 e. The highest BCUT2D eigenvalue weighted by atomic mass is 16.6. The van der Waals surface area contributed by atoms with E-state index in [1.807, 2.05) is 33.9 Å². The summed E-state index contributed by atoms with van der Waals surface area (Å²) in [6, 6.07) is -0.299. The van der Waals surface area contributed by atoms with Crippen LogP contribution in [0.3, 0.4) is 0 Å². The Morgan fingerprint density at radius 1 is 1.42 bits per heavy atom. The van der Waals surface area contributed by atoms with Gasteiger partial charge >= 0.3 is 6.09 Å². The van der Waals surface area contributed by atoms with Crippen molar-refractivity contribution >= 4 is 12.0 Å². The van der Waals surface area contributed by atoms with Gasteiger partial charge < -0.3 is 24.4 Å². The summed E-state index contributed by atoms with van der Waals surface area (Å²) in [5, 5.41) is 17.9. The molecule has 2 heterocycles. The van der Waals surface area contributed by atoms with Gasteiger partial charge in [0.1, 0.15) is 5.69 Å². The second-order valence-corrected chi connectivity index (χ2v) is 8.83. The highest BCUT2D eigenvalue weighted by Crippen LogP contribution is 2.17. The molecule has 2 amide bonds. The minimum absolute atomic E-state index is 0.0172. The molecule has 0 unspecified atom stereocenters. The lowest BCUT2D eigenvalue weighted by atomic mass is 10.0. The Hall–Kier alpha value is -2.20. The van der Waals surface area contributed by atoms with Crippen LogP contribution in [0.5, 0.6) is 0 Å². The number of aliphatic hydroxyl groups excluding tert-OH is 1. The van der Waals surface area contributed by atoms with Crippen LogP contribution in [0.1, 0.15) is 46.2 Å². The molecule has 1 aromatic heterocycles. The summed E-state index contributed by atoms with van der Waals surface area (Å²) in [7, 11) is 1.68. The number of likely N-dealkylation sites (N-methyl/N-ethyl adjacent to an activating group) is 1. The van der Waals surface area contributed by atoms with E-state index in [2.05, 4.69) is 10.3 Å². The van der Waals surface area contributed by atoms with Gasteiger partial charge in [0.2, 0.25) is 5.91 Å². The Balaban J connectivity index is 2.17. The van der Waals surface area contributed by atoms with E-state index >= 15 is 0 Å². The lowest BCUT2D eigenvalue weighted by Gasteiger charge is -2.35. The third kappa shape index (κ3) is 7.77. The average Bonchev–Trinajstić information content (AvgIpc) is 3.19. The number of aryl methyl sites for hydroxylation is 1. The molecule has 2 bridgehead atoms. The van der Waals surface area contributed by atoms with Crippen molar-refractivity contribution in [1.82, 2.24) is 24.8 Å². The zero-order valence-electron chi connectivity index (χ0n) is 19.4. The van der Waals surface area contributed by atoms with Crippen LogP contribution in [0.2, 0.25) is 0 Å². The molecule has 0 spiro atoms. The maximum Gasteiger partial charge on any atom is 0.409 e.